The van der Waals surface area contributed by atoms with Crippen LogP contribution in [-0.2, 0) is 14.6 Å². The van der Waals surface area contributed by atoms with Crippen LogP contribution in [0.25, 0.3) is 0 Å². The summed E-state index contributed by atoms with van der Waals surface area (Å²) in [4.78, 5) is 12.2. The molecule has 2 aliphatic rings. The molecule has 0 bridgehead atoms. The maximum absolute atomic E-state index is 12.2. The van der Waals surface area contributed by atoms with E-state index in [0.717, 1.165) is 31.6 Å². The Bertz CT molecular complexity index is 410. The minimum absolute atomic E-state index is 0.128. The minimum Gasteiger partial charge on any atom is -0.312 e. The van der Waals surface area contributed by atoms with Crippen molar-refractivity contribution in [2.75, 3.05) is 18.1 Å². The highest BCUT2D eigenvalue weighted by atomic mass is 32.2. The minimum atomic E-state index is -2.94. The number of rotatable bonds is 4. The summed E-state index contributed by atoms with van der Waals surface area (Å²) >= 11 is 0. The van der Waals surface area contributed by atoms with E-state index in [1.165, 1.54) is 6.42 Å². The number of carbonyl (C=O) groups is 1. The quantitative estimate of drug-likeness (QED) is 0.852. The summed E-state index contributed by atoms with van der Waals surface area (Å²) in [6.07, 6.45) is 5.91. The van der Waals surface area contributed by atoms with Crippen LogP contribution in [0.5, 0.6) is 0 Å². The van der Waals surface area contributed by atoms with Gasteiger partial charge in [0.2, 0.25) is 0 Å². The Hall–Kier alpha value is -0.420. The van der Waals surface area contributed by atoms with Crippen molar-refractivity contribution < 1.29 is 13.2 Å². The van der Waals surface area contributed by atoms with Crippen molar-refractivity contribution in [1.82, 2.24) is 5.32 Å². The third kappa shape index (κ3) is 4.28. The standard InChI is InChI=1S/C14H25NO3S/c1-2-11-3-5-12(6-4-11)14(16)9-13-10-19(17,18)8-7-15-13/h11-13,15H,2-10H2,1H3. The van der Waals surface area contributed by atoms with Crippen LogP contribution in [0.15, 0.2) is 0 Å². The molecule has 5 heteroatoms. The lowest BCUT2D eigenvalue weighted by Gasteiger charge is -2.29. The molecule has 2 rings (SSSR count). The van der Waals surface area contributed by atoms with Crippen molar-refractivity contribution in [3.8, 4) is 0 Å². The molecule has 0 aromatic rings. The van der Waals surface area contributed by atoms with Crippen molar-refractivity contribution in [3.05, 3.63) is 0 Å². The predicted molar refractivity (Wildman–Crippen MR) is 75.8 cm³/mol. The van der Waals surface area contributed by atoms with E-state index in [1.54, 1.807) is 0 Å². The molecule has 1 atom stereocenters. The summed E-state index contributed by atoms with van der Waals surface area (Å²) < 4.78 is 23.1. The van der Waals surface area contributed by atoms with Crippen LogP contribution in [0.2, 0.25) is 0 Å². The monoisotopic (exact) mass is 287 g/mol. The fraction of sp³-hybridized carbons (Fsp3) is 0.929. The van der Waals surface area contributed by atoms with Crippen molar-refractivity contribution in [2.45, 2.75) is 51.5 Å². The third-order valence-corrected chi connectivity index (χ3v) is 6.36. The normalized spacial score (nSPS) is 34.9. The second-order valence-electron chi connectivity index (χ2n) is 6.06. The van der Waals surface area contributed by atoms with Gasteiger partial charge in [0, 0.05) is 24.9 Å². The van der Waals surface area contributed by atoms with Gasteiger partial charge in [0.1, 0.15) is 5.78 Å². The molecule has 1 unspecified atom stereocenters. The van der Waals surface area contributed by atoms with Crippen molar-refractivity contribution >= 4 is 15.6 Å². The van der Waals surface area contributed by atoms with Crippen molar-refractivity contribution in [1.29, 1.82) is 0 Å². The van der Waals surface area contributed by atoms with Crippen LogP contribution in [0.4, 0.5) is 0 Å². The van der Waals surface area contributed by atoms with E-state index >= 15 is 0 Å². The predicted octanol–water partition coefficient (Wildman–Crippen LogP) is 1.55. The van der Waals surface area contributed by atoms with Crippen LogP contribution in [0, 0.1) is 11.8 Å². The highest BCUT2D eigenvalue weighted by Gasteiger charge is 2.30. The first-order chi connectivity index (χ1) is 9.00. The molecule has 1 N–H and O–H groups in total. The number of nitrogens with one attached hydrogen (secondary N) is 1. The Balaban J connectivity index is 1.81. The number of hydrogen-bond acceptors (Lipinski definition) is 4. The maximum atomic E-state index is 12.2. The van der Waals surface area contributed by atoms with Gasteiger partial charge in [-0.2, -0.15) is 0 Å². The molecule has 19 heavy (non-hydrogen) atoms. The highest BCUT2D eigenvalue weighted by Crippen LogP contribution is 2.31. The SMILES string of the molecule is CCC1CCC(C(=O)CC2CS(=O)(=O)CCN2)CC1. The molecule has 0 radical (unpaired) electrons. The molecule has 4 nitrogen and oxygen atoms in total. The number of hydrogen-bond donors (Lipinski definition) is 1. The number of Topliss-reactive ketones (excluding diaryl/α,β-unsaturated/α-hetero) is 1. The first-order valence-corrected chi connectivity index (χ1v) is 9.29. The average molecular weight is 287 g/mol. The number of ketones is 1. The fourth-order valence-corrected chi connectivity index (χ4v) is 4.74. The summed E-state index contributed by atoms with van der Waals surface area (Å²) in [6, 6.07) is -0.157. The van der Waals surface area contributed by atoms with Crippen LogP contribution in [0.3, 0.4) is 0 Å². The molecule has 0 amide bonds. The molecule has 1 saturated carbocycles. The second-order valence-corrected chi connectivity index (χ2v) is 8.29. The molecule has 1 heterocycles. The van der Waals surface area contributed by atoms with Gasteiger partial charge in [0.25, 0.3) is 0 Å². The summed E-state index contributed by atoms with van der Waals surface area (Å²) in [6.45, 7) is 2.70. The van der Waals surface area contributed by atoms with Crippen molar-refractivity contribution in [3.63, 3.8) is 0 Å². The van der Waals surface area contributed by atoms with Gasteiger partial charge in [-0.25, -0.2) is 8.42 Å². The van der Waals surface area contributed by atoms with Crippen LogP contribution in [-0.4, -0.2) is 38.3 Å². The van der Waals surface area contributed by atoms with Gasteiger partial charge >= 0.3 is 0 Å². The molecular formula is C14H25NO3S. The van der Waals surface area contributed by atoms with Gasteiger partial charge in [-0.05, 0) is 31.6 Å². The van der Waals surface area contributed by atoms with Gasteiger partial charge in [-0.1, -0.05) is 13.3 Å². The molecule has 0 aromatic carbocycles. The van der Waals surface area contributed by atoms with Gasteiger partial charge < -0.3 is 5.32 Å². The van der Waals surface area contributed by atoms with E-state index in [2.05, 4.69) is 12.2 Å². The first-order valence-electron chi connectivity index (χ1n) is 7.46. The zero-order valence-electron chi connectivity index (χ0n) is 11.7. The second kappa shape index (κ2) is 6.35. The number of carbonyl (C=O) groups excluding carboxylic acids is 1. The Morgan fingerprint density at radius 2 is 1.89 bits per heavy atom. The lowest BCUT2D eigenvalue weighted by Crippen LogP contribution is -2.46. The lowest BCUT2D eigenvalue weighted by molar-refractivity contribution is -0.124. The highest BCUT2D eigenvalue weighted by molar-refractivity contribution is 7.91. The topological polar surface area (TPSA) is 63.2 Å². The molecular weight excluding hydrogens is 262 g/mol. The third-order valence-electron chi connectivity index (χ3n) is 4.63. The largest absolute Gasteiger partial charge is 0.312 e. The lowest BCUT2D eigenvalue weighted by atomic mass is 9.78. The van der Waals surface area contributed by atoms with E-state index < -0.39 is 9.84 Å². The zero-order valence-corrected chi connectivity index (χ0v) is 12.5. The summed E-state index contributed by atoms with van der Waals surface area (Å²) in [7, 11) is -2.94. The molecule has 110 valence electrons. The van der Waals surface area contributed by atoms with E-state index in [4.69, 9.17) is 0 Å². The Morgan fingerprint density at radius 3 is 2.47 bits per heavy atom. The smallest absolute Gasteiger partial charge is 0.153 e. The molecule has 1 aliphatic carbocycles. The fourth-order valence-electron chi connectivity index (χ4n) is 3.30. The van der Waals surface area contributed by atoms with Crippen LogP contribution in [0.1, 0.15) is 45.4 Å². The average Bonchev–Trinajstić information content (AvgIpc) is 2.37. The molecule has 1 aliphatic heterocycles. The van der Waals surface area contributed by atoms with Gasteiger partial charge in [-0.3, -0.25) is 4.79 Å². The van der Waals surface area contributed by atoms with E-state index in [9.17, 15) is 13.2 Å². The van der Waals surface area contributed by atoms with Crippen LogP contribution >= 0.6 is 0 Å². The van der Waals surface area contributed by atoms with Crippen LogP contribution < -0.4 is 5.32 Å². The van der Waals surface area contributed by atoms with E-state index in [-0.39, 0.29) is 29.2 Å². The maximum Gasteiger partial charge on any atom is 0.153 e. The van der Waals surface area contributed by atoms with Crippen molar-refractivity contribution in [2.24, 2.45) is 11.8 Å². The molecule has 0 aromatic heterocycles. The van der Waals surface area contributed by atoms with Gasteiger partial charge in [0.15, 0.2) is 9.84 Å². The van der Waals surface area contributed by atoms with E-state index in [1.807, 2.05) is 0 Å². The summed E-state index contributed by atoms with van der Waals surface area (Å²) in [5.41, 5.74) is 0. The van der Waals surface area contributed by atoms with E-state index in [0.29, 0.717) is 13.0 Å². The number of sulfone groups is 1. The molecule has 0 spiro atoms. The summed E-state index contributed by atoms with van der Waals surface area (Å²) in [5.74, 6) is 1.57. The molecule has 2 fully saturated rings. The van der Waals surface area contributed by atoms with Gasteiger partial charge in [0.05, 0.1) is 11.5 Å². The summed E-state index contributed by atoms with van der Waals surface area (Å²) in [5, 5.41) is 3.16. The Kier molecular flexibility index (Phi) is 5.01. The zero-order chi connectivity index (χ0) is 13.9. The Labute approximate surface area is 116 Å². The Morgan fingerprint density at radius 1 is 1.21 bits per heavy atom. The molecule has 1 saturated heterocycles. The first kappa shape index (κ1) is 15.0. The van der Waals surface area contributed by atoms with Gasteiger partial charge in [-0.15, -0.1) is 0 Å².